The topological polar surface area (TPSA) is 40.5 Å². The lowest BCUT2D eigenvalue weighted by atomic mass is 10.0. The second kappa shape index (κ2) is 5.61. The first-order valence-electron chi connectivity index (χ1n) is 5.14. The van der Waals surface area contributed by atoms with Crippen molar-refractivity contribution in [2.75, 3.05) is 14.1 Å². The molecule has 1 N–H and O–H groups in total. The fourth-order valence-corrected chi connectivity index (χ4v) is 1.56. The first-order chi connectivity index (χ1) is 7.50. The van der Waals surface area contributed by atoms with Crippen LogP contribution in [0.3, 0.4) is 0 Å². The second-order valence-corrected chi connectivity index (χ2v) is 3.98. The largest absolute Gasteiger partial charge is 0.480 e. The molecule has 1 aromatic carbocycles. The van der Waals surface area contributed by atoms with Gasteiger partial charge in [0.05, 0.1) is 0 Å². The Kier molecular flexibility index (Phi) is 4.43. The highest BCUT2D eigenvalue weighted by atomic mass is 19.1. The molecule has 0 aliphatic carbocycles. The number of likely N-dealkylation sites (N-methyl/N-ethyl adjacent to an activating group) is 1. The van der Waals surface area contributed by atoms with Gasteiger partial charge in [-0.3, -0.25) is 9.69 Å². The first-order valence-corrected chi connectivity index (χ1v) is 5.14. The molecule has 0 saturated carbocycles. The van der Waals surface area contributed by atoms with Crippen LogP contribution in [0.4, 0.5) is 4.39 Å². The summed E-state index contributed by atoms with van der Waals surface area (Å²) in [4.78, 5) is 12.6. The molecule has 4 heteroatoms. The van der Waals surface area contributed by atoms with Gasteiger partial charge in [-0.15, -0.1) is 0 Å². The number of hydrogen-bond acceptors (Lipinski definition) is 2. The smallest absolute Gasteiger partial charge is 0.320 e. The highest BCUT2D eigenvalue weighted by molar-refractivity contribution is 5.73. The van der Waals surface area contributed by atoms with Crippen LogP contribution in [-0.4, -0.2) is 36.1 Å². The summed E-state index contributed by atoms with van der Waals surface area (Å²) in [5, 5.41) is 8.96. The highest BCUT2D eigenvalue weighted by Crippen LogP contribution is 2.09. The van der Waals surface area contributed by atoms with Gasteiger partial charge in [0.1, 0.15) is 11.9 Å². The number of nitrogens with zero attached hydrogens (tertiary/aromatic N) is 1. The Hall–Kier alpha value is -1.42. The fourth-order valence-electron chi connectivity index (χ4n) is 1.56. The van der Waals surface area contributed by atoms with E-state index in [1.807, 2.05) is 0 Å². The molecule has 88 valence electrons. The fraction of sp³-hybridized carbons (Fsp3) is 0.417. The SMILES string of the molecule is CN(C)C(CCc1ccc(F)cc1)C(=O)O. The van der Waals surface area contributed by atoms with Gasteiger partial charge in [-0.2, -0.15) is 0 Å². The van der Waals surface area contributed by atoms with Crippen LogP contribution in [0.2, 0.25) is 0 Å². The minimum Gasteiger partial charge on any atom is -0.480 e. The number of halogens is 1. The number of carboxylic acids is 1. The van der Waals surface area contributed by atoms with Gasteiger partial charge in [-0.25, -0.2) is 4.39 Å². The number of carboxylic acid groups (broad SMARTS) is 1. The lowest BCUT2D eigenvalue weighted by Crippen LogP contribution is -2.35. The Bertz CT molecular complexity index is 349. The molecule has 1 atom stereocenters. The number of hydrogen-bond donors (Lipinski definition) is 1. The van der Waals surface area contributed by atoms with Crippen LogP contribution in [0.15, 0.2) is 24.3 Å². The number of rotatable bonds is 5. The molecule has 0 heterocycles. The Morgan fingerprint density at radius 1 is 1.38 bits per heavy atom. The average Bonchev–Trinajstić information content (AvgIpc) is 2.20. The van der Waals surface area contributed by atoms with Crippen molar-refractivity contribution in [3.8, 4) is 0 Å². The van der Waals surface area contributed by atoms with E-state index in [1.54, 1.807) is 31.1 Å². The summed E-state index contributed by atoms with van der Waals surface area (Å²) in [6.07, 6.45) is 1.16. The van der Waals surface area contributed by atoms with E-state index in [1.165, 1.54) is 12.1 Å². The third-order valence-electron chi connectivity index (χ3n) is 2.53. The predicted octanol–water partition coefficient (Wildman–Crippen LogP) is 1.77. The average molecular weight is 225 g/mol. The van der Waals surface area contributed by atoms with Gasteiger partial charge >= 0.3 is 5.97 Å². The van der Waals surface area contributed by atoms with E-state index in [0.717, 1.165) is 5.56 Å². The minimum absolute atomic E-state index is 0.272. The Morgan fingerprint density at radius 2 is 1.94 bits per heavy atom. The van der Waals surface area contributed by atoms with E-state index in [9.17, 15) is 9.18 Å². The third-order valence-corrected chi connectivity index (χ3v) is 2.53. The number of benzene rings is 1. The van der Waals surface area contributed by atoms with E-state index in [0.29, 0.717) is 12.8 Å². The van der Waals surface area contributed by atoms with Gasteiger partial charge < -0.3 is 5.11 Å². The summed E-state index contributed by atoms with van der Waals surface area (Å²) >= 11 is 0. The van der Waals surface area contributed by atoms with Gasteiger partial charge in [0, 0.05) is 0 Å². The number of carbonyl (C=O) groups is 1. The second-order valence-electron chi connectivity index (χ2n) is 3.98. The zero-order chi connectivity index (χ0) is 12.1. The lowest BCUT2D eigenvalue weighted by Gasteiger charge is -2.19. The van der Waals surface area contributed by atoms with E-state index < -0.39 is 12.0 Å². The van der Waals surface area contributed by atoms with Crippen LogP contribution >= 0.6 is 0 Å². The minimum atomic E-state index is -0.827. The molecule has 0 aromatic heterocycles. The monoisotopic (exact) mass is 225 g/mol. The summed E-state index contributed by atoms with van der Waals surface area (Å²) < 4.78 is 12.6. The zero-order valence-electron chi connectivity index (χ0n) is 9.48. The number of aliphatic carboxylic acids is 1. The molecule has 0 fully saturated rings. The summed E-state index contributed by atoms with van der Waals surface area (Å²) in [5.74, 6) is -1.10. The molecule has 0 bridgehead atoms. The Labute approximate surface area is 94.5 Å². The highest BCUT2D eigenvalue weighted by Gasteiger charge is 2.19. The normalized spacial score (nSPS) is 12.8. The van der Waals surface area contributed by atoms with Crippen molar-refractivity contribution in [3.05, 3.63) is 35.6 Å². The van der Waals surface area contributed by atoms with Gasteiger partial charge in [-0.05, 0) is 44.6 Å². The maximum absolute atomic E-state index is 12.6. The maximum Gasteiger partial charge on any atom is 0.320 e. The van der Waals surface area contributed by atoms with E-state index in [2.05, 4.69) is 0 Å². The molecule has 0 radical (unpaired) electrons. The van der Waals surface area contributed by atoms with Crippen molar-refractivity contribution < 1.29 is 14.3 Å². The quantitative estimate of drug-likeness (QED) is 0.830. The summed E-state index contributed by atoms with van der Waals surface area (Å²) in [5.41, 5.74) is 0.953. The van der Waals surface area contributed by atoms with Crippen LogP contribution < -0.4 is 0 Å². The standard InChI is InChI=1S/C12H16FNO2/c1-14(2)11(12(15)16)8-5-9-3-6-10(13)7-4-9/h3-4,6-7,11H,5,8H2,1-2H3,(H,15,16). The molecule has 1 unspecified atom stereocenters. The molecular formula is C12H16FNO2. The van der Waals surface area contributed by atoms with Crippen molar-refractivity contribution in [1.82, 2.24) is 4.90 Å². The molecule has 0 saturated heterocycles. The predicted molar refractivity (Wildman–Crippen MR) is 59.8 cm³/mol. The van der Waals surface area contributed by atoms with E-state index in [4.69, 9.17) is 5.11 Å². The lowest BCUT2D eigenvalue weighted by molar-refractivity contribution is -0.142. The number of aryl methyl sites for hydroxylation is 1. The van der Waals surface area contributed by atoms with Crippen LogP contribution in [0.1, 0.15) is 12.0 Å². The Morgan fingerprint density at radius 3 is 2.38 bits per heavy atom. The zero-order valence-corrected chi connectivity index (χ0v) is 9.48. The molecule has 0 aliphatic heterocycles. The Balaban J connectivity index is 2.55. The molecule has 0 amide bonds. The van der Waals surface area contributed by atoms with E-state index >= 15 is 0 Å². The molecule has 1 aromatic rings. The molecule has 1 rings (SSSR count). The molecule has 16 heavy (non-hydrogen) atoms. The van der Waals surface area contributed by atoms with Crippen LogP contribution in [-0.2, 0) is 11.2 Å². The molecule has 0 spiro atoms. The van der Waals surface area contributed by atoms with Crippen molar-refractivity contribution in [1.29, 1.82) is 0 Å². The van der Waals surface area contributed by atoms with E-state index in [-0.39, 0.29) is 5.82 Å². The first kappa shape index (κ1) is 12.6. The van der Waals surface area contributed by atoms with Gasteiger partial charge in [0.25, 0.3) is 0 Å². The summed E-state index contributed by atoms with van der Waals surface area (Å²) in [6, 6.07) is 5.65. The van der Waals surface area contributed by atoms with Crippen LogP contribution in [0.5, 0.6) is 0 Å². The van der Waals surface area contributed by atoms with Gasteiger partial charge in [-0.1, -0.05) is 12.1 Å². The van der Waals surface area contributed by atoms with Crippen molar-refractivity contribution in [2.45, 2.75) is 18.9 Å². The summed E-state index contributed by atoms with van der Waals surface area (Å²) in [6.45, 7) is 0. The van der Waals surface area contributed by atoms with Crippen molar-refractivity contribution in [3.63, 3.8) is 0 Å². The molecule has 3 nitrogen and oxygen atoms in total. The van der Waals surface area contributed by atoms with Gasteiger partial charge in [0.2, 0.25) is 0 Å². The third kappa shape index (κ3) is 3.62. The molecular weight excluding hydrogens is 209 g/mol. The van der Waals surface area contributed by atoms with Crippen molar-refractivity contribution in [2.24, 2.45) is 0 Å². The maximum atomic E-state index is 12.6. The molecule has 0 aliphatic rings. The summed E-state index contributed by atoms with van der Waals surface area (Å²) in [7, 11) is 3.48. The van der Waals surface area contributed by atoms with Gasteiger partial charge in [0.15, 0.2) is 0 Å². The van der Waals surface area contributed by atoms with Crippen LogP contribution in [0, 0.1) is 5.82 Å². The van der Waals surface area contributed by atoms with Crippen LogP contribution in [0.25, 0.3) is 0 Å². The van der Waals surface area contributed by atoms with Crippen molar-refractivity contribution >= 4 is 5.97 Å².